The Morgan fingerprint density at radius 1 is 0.745 bits per heavy atom. The molecule has 243 valence electrons. The molecule has 0 saturated carbocycles. The van der Waals surface area contributed by atoms with Crippen molar-refractivity contribution in [3.05, 3.63) is 102 Å². The molecule has 0 spiro atoms. The van der Waals surface area contributed by atoms with E-state index < -0.39 is 0 Å². The number of benzene rings is 4. The number of rotatable bonds is 8. The molecular formula is C41H40IrNO4-. The molecule has 5 nitrogen and oxygen atoms in total. The van der Waals surface area contributed by atoms with Gasteiger partial charge in [-0.15, -0.1) is 17.7 Å². The van der Waals surface area contributed by atoms with Gasteiger partial charge in [0.15, 0.2) is 5.78 Å². The summed E-state index contributed by atoms with van der Waals surface area (Å²) in [5.41, 5.74) is 6.26. The number of aliphatic hydroxyl groups is 1. The zero-order chi connectivity index (χ0) is 32.4. The Morgan fingerprint density at radius 2 is 1.30 bits per heavy atom. The van der Waals surface area contributed by atoms with Gasteiger partial charge in [0.2, 0.25) is 0 Å². The van der Waals surface area contributed by atoms with Gasteiger partial charge in [-0.05, 0) is 55.0 Å². The Balaban J connectivity index is 0.000000234. The van der Waals surface area contributed by atoms with E-state index >= 15 is 0 Å². The van der Waals surface area contributed by atoms with Gasteiger partial charge in [-0.2, -0.15) is 0 Å². The SMILES string of the molecule is CCC(CC)C(=O)/C=C(\O)C(CC)CC.Cc1[c-]c(-c2nccc3c2ccc2c4ccccc4oc32)c2oc3ccccc3c2c1.[Ir]. The van der Waals surface area contributed by atoms with Crippen LogP contribution in [0.2, 0.25) is 0 Å². The Morgan fingerprint density at radius 3 is 1.94 bits per heavy atom. The van der Waals surface area contributed by atoms with Gasteiger partial charge in [-0.25, -0.2) is 0 Å². The number of aliphatic hydroxyl groups excluding tert-OH is 1. The molecule has 47 heavy (non-hydrogen) atoms. The first kappa shape index (κ1) is 34.1. The number of aromatic nitrogens is 1. The van der Waals surface area contributed by atoms with Crippen molar-refractivity contribution in [2.75, 3.05) is 0 Å². The zero-order valence-electron chi connectivity index (χ0n) is 27.5. The topological polar surface area (TPSA) is 76.5 Å². The molecule has 0 aliphatic carbocycles. The average molecular weight is 803 g/mol. The van der Waals surface area contributed by atoms with Crippen LogP contribution < -0.4 is 0 Å². The largest absolute Gasteiger partial charge is 0.512 e. The van der Waals surface area contributed by atoms with Crippen molar-refractivity contribution in [1.29, 1.82) is 0 Å². The molecule has 0 fully saturated rings. The third-order valence-corrected chi connectivity index (χ3v) is 9.15. The van der Waals surface area contributed by atoms with Crippen molar-refractivity contribution < 1.29 is 38.8 Å². The molecule has 3 heterocycles. The van der Waals surface area contributed by atoms with Crippen LogP contribution >= 0.6 is 0 Å². The maximum absolute atomic E-state index is 11.7. The van der Waals surface area contributed by atoms with Crippen molar-refractivity contribution >= 4 is 60.4 Å². The van der Waals surface area contributed by atoms with Gasteiger partial charge in [0.25, 0.3) is 0 Å². The van der Waals surface area contributed by atoms with Crippen LogP contribution in [0.1, 0.15) is 58.9 Å². The van der Waals surface area contributed by atoms with E-state index in [0.717, 1.165) is 97.2 Å². The van der Waals surface area contributed by atoms with E-state index in [-0.39, 0.29) is 43.5 Å². The summed E-state index contributed by atoms with van der Waals surface area (Å²) in [6, 6.07) is 28.2. The van der Waals surface area contributed by atoms with Gasteiger partial charge in [-0.1, -0.05) is 94.1 Å². The standard InChI is InChI=1S/C28H16NO2.C13H24O2.Ir/c1-16-14-22-18-7-3-5-9-25(18)31-28(22)23(15-16)26-19-10-11-20-17-6-2-4-8-24(17)30-27(20)21(19)12-13-29-26;1-5-10(6-2)12(14)9-13(15)11(7-3)8-4;/h2-14H,1H3;9-11,14H,5-8H2,1-4H3;/q-1;;/b;12-9-;. The number of para-hydroxylation sites is 2. The quantitative estimate of drug-likeness (QED) is 0.0941. The number of carbonyl (C=O) groups excluding carboxylic acids is 1. The Labute approximate surface area is 289 Å². The summed E-state index contributed by atoms with van der Waals surface area (Å²) in [5.74, 6) is 0.547. The number of pyridine rings is 1. The number of ketones is 1. The number of nitrogens with zero attached hydrogens (tertiary/aromatic N) is 1. The molecule has 3 aromatic heterocycles. The van der Waals surface area contributed by atoms with E-state index in [4.69, 9.17) is 13.8 Å². The van der Waals surface area contributed by atoms with Crippen LogP contribution in [0, 0.1) is 24.8 Å². The van der Waals surface area contributed by atoms with Gasteiger partial charge in [0.05, 0.1) is 11.3 Å². The summed E-state index contributed by atoms with van der Waals surface area (Å²) in [7, 11) is 0. The number of fused-ring (bicyclic) bond motifs is 8. The molecule has 7 rings (SSSR count). The maximum Gasteiger partial charge on any atom is 0.162 e. The summed E-state index contributed by atoms with van der Waals surface area (Å²) in [5, 5.41) is 16.3. The molecule has 0 aliphatic rings. The molecule has 0 atom stereocenters. The first-order chi connectivity index (χ1) is 22.4. The Kier molecular flexibility index (Phi) is 10.6. The van der Waals surface area contributed by atoms with Crippen LogP contribution in [-0.2, 0) is 24.9 Å². The predicted octanol–water partition coefficient (Wildman–Crippen LogP) is 11.7. The smallest absolute Gasteiger partial charge is 0.162 e. The van der Waals surface area contributed by atoms with Crippen LogP contribution in [-0.4, -0.2) is 15.9 Å². The Bertz CT molecular complexity index is 2220. The minimum Gasteiger partial charge on any atom is -0.512 e. The van der Waals surface area contributed by atoms with E-state index in [1.165, 1.54) is 6.08 Å². The van der Waals surface area contributed by atoms with E-state index in [1.807, 2.05) is 76.4 Å². The zero-order valence-corrected chi connectivity index (χ0v) is 29.9. The third-order valence-electron chi connectivity index (χ3n) is 9.15. The second-order valence-corrected chi connectivity index (χ2v) is 12.0. The summed E-state index contributed by atoms with van der Waals surface area (Å²) in [6.45, 7) is 10.1. The molecule has 0 saturated heterocycles. The predicted molar refractivity (Wildman–Crippen MR) is 189 cm³/mol. The summed E-state index contributed by atoms with van der Waals surface area (Å²) < 4.78 is 12.5. The second-order valence-electron chi connectivity index (χ2n) is 12.0. The first-order valence-corrected chi connectivity index (χ1v) is 16.4. The molecule has 0 unspecified atom stereocenters. The van der Waals surface area contributed by atoms with E-state index in [2.05, 4.69) is 43.3 Å². The van der Waals surface area contributed by atoms with Gasteiger partial charge in [0.1, 0.15) is 16.7 Å². The summed E-state index contributed by atoms with van der Waals surface area (Å²) >= 11 is 0. The van der Waals surface area contributed by atoms with Crippen LogP contribution in [0.4, 0.5) is 0 Å². The van der Waals surface area contributed by atoms with Crippen LogP contribution in [0.25, 0.3) is 65.9 Å². The van der Waals surface area contributed by atoms with Gasteiger partial charge < -0.3 is 18.9 Å². The van der Waals surface area contributed by atoms with Crippen molar-refractivity contribution in [1.82, 2.24) is 4.98 Å². The van der Waals surface area contributed by atoms with Crippen molar-refractivity contribution in [3.63, 3.8) is 0 Å². The molecule has 1 radical (unpaired) electrons. The van der Waals surface area contributed by atoms with Gasteiger partial charge >= 0.3 is 0 Å². The average Bonchev–Trinajstić information content (AvgIpc) is 3.64. The second kappa shape index (κ2) is 14.7. The number of hydrogen-bond donors (Lipinski definition) is 1. The van der Waals surface area contributed by atoms with Crippen molar-refractivity contribution in [3.8, 4) is 11.3 Å². The normalized spacial score (nSPS) is 11.9. The van der Waals surface area contributed by atoms with Crippen LogP contribution in [0.15, 0.2) is 99.7 Å². The minimum absolute atomic E-state index is 0. The molecular weight excluding hydrogens is 763 g/mol. The van der Waals surface area contributed by atoms with Crippen molar-refractivity contribution in [2.24, 2.45) is 11.8 Å². The van der Waals surface area contributed by atoms with E-state index in [1.54, 1.807) is 0 Å². The number of hydrogen-bond acceptors (Lipinski definition) is 5. The van der Waals surface area contributed by atoms with Gasteiger partial charge in [-0.3, -0.25) is 4.79 Å². The minimum atomic E-state index is 0. The monoisotopic (exact) mass is 803 g/mol. The fraction of sp³-hybridized carbons (Fsp3) is 0.268. The molecule has 4 aromatic carbocycles. The van der Waals surface area contributed by atoms with E-state index in [9.17, 15) is 9.90 Å². The number of carbonyl (C=O) groups is 1. The molecule has 7 aromatic rings. The molecule has 0 amide bonds. The van der Waals surface area contributed by atoms with Crippen LogP contribution in [0.5, 0.6) is 0 Å². The first-order valence-electron chi connectivity index (χ1n) is 16.4. The van der Waals surface area contributed by atoms with Crippen LogP contribution in [0.3, 0.4) is 0 Å². The van der Waals surface area contributed by atoms with Gasteiger partial charge in [0, 0.05) is 65.8 Å². The number of furan rings is 2. The molecule has 0 aliphatic heterocycles. The van der Waals surface area contributed by atoms with E-state index in [0.29, 0.717) is 0 Å². The Hall–Kier alpha value is -4.25. The molecule has 0 bridgehead atoms. The summed E-state index contributed by atoms with van der Waals surface area (Å²) in [6.07, 6.45) is 6.75. The van der Waals surface area contributed by atoms with Crippen molar-refractivity contribution in [2.45, 2.75) is 60.3 Å². The fourth-order valence-corrected chi connectivity index (χ4v) is 6.48. The molecule has 6 heteroatoms. The summed E-state index contributed by atoms with van der Waals surface area (Å²) in [4.78, 5) is 16.5. The third kappa shape index (κ3) is 6.50. The molecule has 1 N–H and O–H groups in total. The number of aryl methyl sites for hydroxylation is 1. The fourth-order valence-electron chi connectivity index (χ4n) is 6.48. The maximum atomic E-state index is 11.7. The number of allylic oxidation sites excluding steroid dienone is 2.